The van der Waals surface area contributed by atoms with E-state index in [0.29, 0.717) is 16.7 Å². The molecule has 6 nitrogen and oxygen atoms in total. The van der Waals surface area contributed by atoms with Crippen LogP contribution in [0.5, 0.6) is 0 Å². The van der Waals surface area contributed by atoms with Gasteiger partial charge < -0.3 is 16.0 Å². The number of rotatable bonds is 7. The molecular weight excluding hydrogens is 398 g/mol. The van der Waals surface area contributed by atoms with Gasteiger partial charge in [-0.3, -0.25) is 4.79 Å². The number of nitrogens with one attached hydrogen (secondary N) is 3. The highest BCUT2D eigenvalue weighted by Gasteiger charge is 2.21. The number of hydrogen-bond donors (Lipinski definition) is 3. The van der Waals surface area contributed by atoms with E-state index in [1.807, 2.05) is 25.2 Å². The van der Waals surface area contributed by atoms with Gasteiger partial charge in [0.05, 0.1) is 17.8 Å². The van der Waals surface area contributed by atoms with Gasteiger partial charge in [0.2, 0.25) is 11.9 Å². The lowest BCUT2D eigenvalue weighted by atomic mass is 10.1. The van der Waals surface area contributed by atoms with E-state index in [1.54, 1.807) is 18.3 Å². The highest BCUT2D eigenvalue weighted by molar-refractivity contribution is 6.31. The maximum Gasteiger partial charge on any atom is 0.228 e. The Morgan fingerprint density at radius 1 is 1.17 bits per heavy atom. The number of carbonyl (C=O) groups is 1. The van der Waals surface area contributed by atoms with Crippen LogP contribution in [0.15, 0.2) is 48.7 Å². The molecule has 0 atom stereocenters. The molecule has 4 rings (SSSR count). The normalized spacial score (nSPS) is 12.5. The summed E-state index contributed by atoms with van der Waals surface area (Å²) in [6.07, 6.45) is 5.27. The average molecular weight is 422 g/mol. The fourth-order valence-corrected chi connectivity index (χ4v) is 3.76. The van der Waals surface area contributed by atoms with E-state index < -0.39 is 0 Å². The van der Waals surface area contributed by atoms with Crippen LogP contribution in [0.2, 0.25) is 5.02 Å². The van der Waals surface area contributed by atoms with Gasteiger partial charge in [-0.15, -0.1) is 0 Å². The SMILES string of the molecule is CNCCCCc1cccc(Nc2ncc3c(n2)-c2ccc(Cl)cc2NC(=O)C3)c1. The molecule has 1 aliphatic heterocycles. The first-order valence-corrected chi connectivity index (χ1v) is 10.5. The molecular formula is C23H24ClN5O. The zero-order valence-electron chi connectivity index (χ0n) is 16.8. The van der Waals surface area contributed by atoms with Crippen molar-refractivity contribution in [3.8, 4) is 11.3 Å². The van der Waals surface area contributed by atoms with Crippen LogP contribution in [0, 0.1) is 0 Å². The van der Waals surface area contributed by atoms with Crippen LogP contribution in [0.1, 0.15) is 24.0 Å². The molecule has 0 spiro atoms. The Hall–Kier alpha value is -2.96. The Labute approximate surface area is 181 Å². The molecule has 154 valence electrons. The average Bonchev–Trinajstić information content (AvgIpc) is 2.86. The summed E-state index contributed by atoms with van der Waals surface area (Å²) in [5.41, 5.74) is 5.25. The molecule has 3 aromatic rings. The Bertz CT molecular complexity index is 1070. The minimum atomic E-state index is -0.104. The van der Waals surface area contributed by atoms with Crippen molar-refractivity contribution in [2.24, 2.45) is 0 Å². The van der Waals surface area contributed by atoms with Crippen LogP contribution in [0.3, 0.4) is 0 Å². The largest absolute Gasteiger partial charge is 0.325 e. The van der Waals surface area contributed by atoms with Gasteiger partial charge in [-0.25, -0.2) is 9.97 Å². The molecule has 0 saturated heterocycles. The fourth-order valence-electron chi connectivity index (χ4n) is 3.59. The molecule has 0 bridgehead atoms. The third-order valence-electron chi connectivity index (χ3n) is 5.05. The number of amides is 1. The highest BCUT2D eigenvalue weighted by atomic mass is 35.5. The van der Waals surface area contributed by atoms with E-state index >= 15 is 0 Å². The van der Waals surface area contributed by atoms with Gasteiger partial charge in [0.1, 0.15) is 0 Å². The van der Waals surface area contributed by atoms with Crippen molar-refractivity contribution in [2.45, 2.75) is 25.7 Å². The molecule has 0 unspecified atom stereocenters. The Kier molecular flexibility index (Phi) is 6.26. The lowest BCUT2D eigenvalue weighted by molar-refractivity contribution is -0.115. The number of hydrogen-bond acceptors (Lipinski definition) is 5. The fraction of sp³-hybridized carbons (Fsp3) is 0.261. The predicted molar refractivity (Wildman–Crippen MR) is 121 cm³/mol. The maximum absolute atomic E-state index is 12.2. The van der Waals surface area contributed by atoms with E-state index in [-0.39, 0.29) is 12.3 Å². The van der Waals surface area contributed by atoms with Gasteiger partial charge in [-0.2, -0.15) is 0 Å². The van der Waals surface area contributed by atoms with E-state index in [9.17, 15) is 4.79 Å². The Balaban J connectivity index is 1.58. The lowest BCUT2D eigenvalue weighted by Crippen LogP contribution is -2.12. The summed E-state index contributed by atoms with van der Waals surface area (Å²) in [5, 5.41) is 9.95. The van der Waals surface area contributed by atoms with Crippen LogP contribution in [-0.2, 0) is 17.6 Å². The summed E-state index contributed by atoms with van der Waals surface area (Å²) < 4.78 is 0. The van der Waals surface area contributed by atoms with Crippen LogP contribution in [-0.4, -0.2) is 29.5 Å². The number of benzene rings is 2. The number of nitrogens with zero attached hydrogens (tertiary/aromatic N) is 2. The third kappa shape index (κ3) is 4.78. The number of unbranched alkanes of at least 4 members (excludes halogenated alkanes) is 1. The Morgan fingerprint density at radius 2 is 2.07 bits per heavy atom. The number of aryl methyl sites for hydroxylation is 1. The summed E-state index contributed by atoms with van der Waals surface area (Å²) in [6.45, 7) is 1.03. The van der Waals surface area contributed by atoms with Crippen LogP contribution in [0.25, 0.3) is 11.3 Å². The van der Waals surface area contributed by atoms with Gasteiger partial charge in [0.25, 0.3) is 0 Å². The van der Waals surface area contributed by atoms with Crippen molar-refractivity contribution in [1.82, 2.24) is 15.3 Å². The summed E-state index contributed by atoms with van der Waals surface area (Å²) in [5.74, 6) is 0.392. The minimum absolute atomic E-state index is 0.104. The maximum atomic E-state index is 12.2. The quantitative estimate of drug-likeness (QED) is 0.487. The molecule has 0 radical (unpaired) electrons. The van der Waals surface area contributed by atoms with E-state index in [0.717, 1.165) is 48.3 Å². The topological polar surface area (TPSA) is 78.9 Å². The molecule has 1 amide bonds. The third-order valence-corrected chi connectivity index (χ3v) is 5.29. The zero-order chi connectivity index (χ0) is 20.9. The molecule has 3 N–H and O–H groups in total. The van der Waals surface area contributed by atoms with Gasteiger partial charge in [0.15, 0.2) is 0 Å². The lowest BCUT2D eigenvalue weighted by Gasteiger charge is -2.11. The molecule has 1 aromatic heterocycles. The van der Waals surface area contributed by atoms with Crippen LogP contribution < -0.4 is 16.0 Å². The smallest absolute Gasteiger partial charge is 0.228 e. The second-order valence-electron chi connectivity index (χ2n) is 7.37. The number of carbonyl (C=O) groups excluding carboxylic acids is 1. The molecule has 2 aromatic carbocycles. The van der Waals surface area contributed by atoms with Gasteiger partial charge in [0, 0.05) is 28.0 Å². The van der Waals surface area contributed by atoms with Crippen LogP contribution in [0.4, 0.5) is 17.3 Å². The van der Waals surface area contributed by atoms with E-state index in [1.165, 1.54) is 5.56 Å². The Morgan fingerprint density at radius 3 is 2.93 bits per heavy atom. The number of aromatic nitrogens is 2. The first-order valence-electron chi connectivity index (χ1n) is 10.1. The number of halogens is 1. The zero-order valence-corrected chi connectivity index (χ0v) is 17.6. The predicted octanol–water partition coefficient (Wildman–Crippen LogP) is 4.58. The summed E-state index contributed by atoms with van der Waals surface area (Å²) in [7, 11) is 1.98. The van der Waals surface area contributed by atoms with Crippen molar-refractivity contribution in [3.05, 3.63) is 64.8 Å². The summed E-state index contributed by atoms with van der Waals surface area (Å²) in [4.78, 5) is 21.4. The molecule has 2 heterocycles. The number of fused-ring (bicyclic) bond motifs is 3. The molecule has 0 aliphatic carbocycles. The van der Waals surface area contributed by atoms with Crippen molar-refractivity contribution < 1.29 is 4.79 Å². The summed E-state index contributed by atoms with van der Waals surface area (Å²) >= 11 is 6.11. The van der Waals surface area contributed by atoms with Gasteiger partial charge in [-0.1, -0.05) is 23.7 Å². The van der Waals surface area contributed by atoms with Crippen LogP contribution >= 0.6 is 11.6 Å². The molecule has 30 heavy (non-hydrogen) atoms. The molecule has 0 fully saturated rings. The molecule has 0 saturated carbocycles. The summed E-state index contributed by atoms with van der Waals surface area (Å²) in [6, 6.07) is 13.7. The second kappa shape index (κ2) is 9.24. The first-order chi connectivity index (χ1) is 14.6. The van der Waals surface area contributed by atoms with Gasteiger partial charge >= 0.3 is 0 Å². The number of anilines is 3. The van der Waals surface area contributed by atoms with E-state index in [4.69, 9.17) is 16.6 Å². The monoisotopic (exact) mass is 421 g/mol. The van der Waals surface area contributed by atoms with E-state index in [2.05, 4.69) is 33.1 Å². The minimum Gasteiger partial charge on any atom is -0.325 e. The van der Waals surface area contributed by atoms with Crippen molar-refractivity contribution in [2.75, 3.05) is 24.2 Å². The second-order valence-corrected chi connectivity index (χ2v) is 7.80. The highest BCUT2D eigenvalue weighted by Crippen LogP contribution is 2.34. The van der Waals surface area contributed by atoms with Gasteiger partial charge in [-0.05, 0) is 68.8 Å². The molecule has 1 aliphatic rings. The van der Waals surface area contributed by atoms with Crippen molar-refractivity contribution in [1.29, 1.82) is 0 Å². The standard InChI is InChI=1S/C23H24ClN5O/c1-25-10-3-2-5-15-6-4-7-18(11-15)27-23-26-14-16-12-21(30)28-20-13-17(24)8-9-19(20)22(16)29-23/h4,6-9,11,13-14,25H,2-3,5,10,12H2,1H3,(H,28,30)(H,26,27,29). The molecule has 7 heteroatoms. The first kappa shape index (κ1) is 20.3. The van der Waals surface area contributed by atoms with Crippen molar-refractivity contribution in [3.63, 3.8) is 0 Å². The van der Waals surface area contributed by atoms with Crippen molar-refractivity contribution >= 4 is 34.8 Å².